The van der Waals surface area contributed by atoms with Gasteiger partial charge in [-0.2, -0.15) is 13.2 Å². The van der Waals surface area contributed by atoms with Crippen molar-refractivity contribution in [1.29, 1.82) is 0 Å². The van der Waals surface area contributed by atoms with E-state index in [4.69, 9.17) is 0 Å². The van der Waals surface area contributed by atoms with Crippen LogP contribution in [0.25, 0.3) is 0 Å². The molecule has 0 saturated carbocycles. The Hall–Kier alpha value is -4.41. The van der Waals surface area contributed by atoms with Crippen LogP contribution in [0.4, 0.5) is 40.7 Å². The predicted molar refractivity (Wildman–Crippen MR) is 112 cm³/mol. The number of nitro groups is 1. The van der Waals surface area contributed by atoms with E-state index in [1.165, 1.54) is 36.4 Å². The molecule has 32 heavy (non-hydrogen) atoms. The number of benzene rings is 3. The lowest BCUT2D eigenvalue weighted by Crippen LogP contribution is -2.22. The quantitative estimate of drug-likeness (QED) is 0.356. The zero-order valence-electron chi connectivity index (χ0n) is 16.1. The van der Waals surface area contributed by atoms with E-state index in [1.54, 1.807) is 12.1 Å². The van der Waals surface area contributed by atoms with Crippen LogP contribution in [0.15, 0.2) is 72.8 Å². The Morgan fingerprint density at radius 3 is 1.94 bits per heavy atom. The molecule has 8 nitrogen and oxygen atoms in total. The van der Waals surface area contributed by atoms with Gasteiger partial charge in [-0.3, -0.25) is 14.9 Å². The van der Waals surface area contributed by atoms with Crippen LogP contribution < -0.4 is 16.0 Å². The molecule has 0 fully saturated rings. The number of hydrogen-bond acceptors (Lipinski definition) is 4. The summed E-state index contributed by atoms with van der Waals surface area (Å²) in [5.41, 5.74) is -0.322. The number of para-hydroxylation sites is 1. The molecule has 3 N–H and O–H groups in total. The summed E-state index contributed by atoms with van der Waals surface area (Å²) in [5, 5.41) is 18.1. The van der Waals surface area contributed by atoms with Gasteiger partial charge in [-0.15, -0.1) is 0 Å². The van der Waals surface area contributed by atoms with Crippen LogP contribution in [-0.4, -0.2) is 16.9 Å². The highest BCUT2D eigenvalue weighted by atomic mass is 19.4. The normalized spacial score (nSPS) is 10.8. The molecule has 0 bridgehead atoms. The molecular formula is C21H15F3N4O4. The Bertz CT molecular complexity index is 1150. The number of rotatable bonds is 5. The van der Waals surface area contributed by atoms with Crippen molar-refractivity contribution in [2.75, 3.05) is 16.0 Å². The van der Waals surface area contributed by atoms with Crippen molar-refractivity contribution in [2.24, 2.45) is 0 Å². The zero-order chi connectivity index (χ0) is 23.3. The molecule has 0 saturated heterocycles. The van der Waals surface area contributed by atoms with Crippen LogP contribution in [0, 0.1) is 10.1 Å². The van der Waals surface area contributed by atoms with Gasteiger partial charge in [-0.25, -0.2) is 4.79 Å². The first-order valence-electron chi connectivity index (χ1n) is 9.03. The molecule has 0 aliphatic carbocycles. The Labute approximate surface area is 179 Å². The molecule has 11 heteroatoms. The first-order chi connectivity index (χ1) is 15.1. The van der Waals surface area contributed by atoms with Crippen LogP contribution in [0.5, 0.6) is 0 Å². The van der Waals surface area contributed by atoms with E-state index < -0.39 is 28.6 Å². The highest BCUT2D eigenvalue weighted by Gasteiger charge is 2.30. The molecule has 3 aromatic carbocycles. The molecule has 0 atom stereocenters. The minimum atomic E-state index is -4.49. The average molecular weight is 444 g/mol. The van der Waals surface area contributed by atoms with Gasteiger partial charge in [0.1, 0.15) is 0 Å². The molecule has 0 spiro atoms. The summed E-state index contributed by atoms with van der Waals surface area (Å²) in [4.78, 5) is 35.0. The number of nitro benzene ring substituents is 1. The van der Waals surface area contributed by atoms with Gasteiger partial charge in [0.2, 0.25) is 0 Å². The summed E-state index contributed by atoms with van der Waals surface area (Å²) in [6.45, 7) is 0. The van der Waals surface area contributed by atoms with Gasteiger partial charge in [0.15, 0.2) is 0 Å². The number of nitrogens with one attached hydrogen (secondary N) is 3. The van der Waals surface area contributed by atoms with Gasteiger partial charge in [-0.05, 0) is 48.5 Å². The SMILES string of the molecule is O=C(Nc1ccc([N+](=O)[O-])cc1)Nc1ccccc1C(=O)Nc1ccc(C(F)(F)F)cc1. The molecule has 0 unspecified atom stereocenters. The molecule has 3 amide bonds. The summed E-state index contributed by atoms with van der Waals surface area (Å²) >= 11 is 0. The lowest BCUT2D eigenvalue weighted by Gasteiger charge is -2.13. The van der Waals surface area contributed by atoms with E-state index >= 15 is 0 Å². The molecule has 164 valence electrons. The van der Waals surface area contributed by atoms with E-state index in [-0.39, 0.29) is 22.6 Å². The first kappa shape index (κ1) is 22.3. The van der Waals surface area contributed by atoms with Gasteiger partial charge in [0, 0.05) is 23.5 Å². The second-order valence-corrected chi connectivity index (χ2v) is 6.46. The van der Waals surface area contributed by atoms with Crippen molar-refractivity contribution in [3.63, 3.8) is 0 Å². The largest absolute Gasteiger partial charge is 0.416 e. The van der Waals surface area contributed by atoms with Crippen molar-refractivity contribution in [2.45, 2.75) is 6.18 Å². The Morgan fingerprint density at radius 1 is 0.781 bits per heavy atom. The Kier molecular flexibility index (Phi) is 6.38. The average Bonchev–Trinajstić information content (AvgIpc) is 2.74. The van der Waals surface area contributed by atoms with Crippen molar-refractivity contribution < 1.29 is 27.7 Å². The van der Waals surface area contributed by atoms with E-state index in [2.05, 4.69) is 16.0 Å². The maximum Gasteiger partial charge on any atom is 0.416 e. The number of alkyl halides is 3. The third-order valence-electron chi connectivity index (χ3n) is 4.23. The van der Waals surface area contributed by atoms with Crippen molar-refractivity contribution >= 4 is 34.7 Å². The lowest BCUT2D eigenvalue weighted by molar-refractivity contribution is -0.384. The summed E-state index contributed by atoms with van der Waals surface area (Å²) in [7, 11) is 0. The second-order valence-electron chi connectivity index (χ2n) is 6.46. The number of urea groups is 1. The Morgan fingerprint density at radius 2 is 1.34 bits per heavy atom. The minimum Gasteiger partial charge on any atom is -0.322 e. The molecule has 0 aliphatic heterocycles. The molecule has 0 aromatic heterocycles. The topological polar surface area (TPSA) is 113 Å². The number of hydrogen-bond donors (Lipinski definition) is 3. The van der Waals surface area contributed by atoms with Crippen LogP contribution in [0.2, 0.25) is 0 Å². The fourth-order valence-corrected chi connectivity index (χ4v) is 2.68. The number of carbonyl (C=O) groups is 2. The molecule has 3 aromatic rings. The molecule has 0 radical (unpaired) electrons. The van der Waals surface area contributed by atoms with Crippen molar-refractivity contribution in [1.82, 2.24) is 0 Å². The zero-order valence-corrected chi connectivity index (χ0v) is 16.1. The smallest absolute Gasteiger partial charge is 0.322 e. The number of carbonyl (C=O) groups excluding carboxylic acids is 2. The molecule has 0 aliphatic rings. The summed E-state index contributed by atoms with van der Waals surface area (Å²) in [6, 6.07) is 14.4. The summed E-state index contributed by atoms with van der Waals surface area (Å²) < 4.78 is 38.0. The molecule has 3 rings (SSSR count). The minimum absolute atomic E-state index is 0.0752. The van der Waals surface area contributed by atoms with Gasteiger partial charge in [-0.1, -0.05) is 12.1 Å². The van der Waals surface area contributed by atoms with Gasteiger partial charge >= 0.3 is 12.2 Å². The van der Waals surface area contributed by atoms with E-state index in [0.29, 0.717) is 5.69 Å². The second kappa shape index (κ2) is 9.16. The Balaban J connectivity index is 1.68. The van der Waals surface area contributed by atoms with Gasteiger partial charge in [0.05, 0.1) is 21.7 Å². The van der Waals surface area contributed by atoms with Gasteiger partial charge < -0.3 is 16.0 Å². The fourth-order valence-electron chi connectivity index (χ4n) is 2.68. The maximum atomic E-state index is 12.7. The van der Waals surface area contributed by atoms with Crippen molar-refractivity contribution in [3.05, 3.63) is 94.0 Å². The number of non-ortho nitro benzene ring substituents is 1. The molecular weight excluding hydrogens is 429 g/mol. The summed E-state index contributed by atoms with van der Waals surface area (Å²) in [5.74, 6) is -0.643. The van der Waals surface area contributed by atoms with Crippen molar-refractivity contribution in [3.8, 4) is 0 Å². The van der Waals surface area contributed by atoms with Crippen LogP contribution >= 0.6 is 0 Å². The molecule has 0 heterocycles. The third-order valence-corrected chi connectivity index (χ3v) is 4.23. The number of amides is 3. The van der Waals surface area contributed by atoms with E-state index in [1.807, 2.05) is 0 Å². The predicted octanol–water partition coefficient (Wildman–Crippen LogP) is 5.51. The highest BCUT2D eigenvalue weighted by Crippen LogP contribution is 2.30. The summed E-state index contributed by atoms with van der Waals surface area (Å²) in [6.07, 6.45) is -4.49. The fraction of sp³-hybridized carbons (Fsp3) is 0.0476. The highest BCUT2D eigenvalue weighted by molar-refractivity contribution is 6.11. The van der Waals surface area contributed by atoms with Gasteiger partial charge in [0.25, 0.3) is 11.6 Å². The number of nitrogens with zero attached hydrogens (tertiary/aromatic N) is 1. The number of halogens is 3. The number of anilines is 3. The van der Waals surface area contributed by atoms with Crippen LogP contribution in [0.1, 0.15) is 15.9 Å². The van der Waals surface area contributed by atoms with Crippen LogP contribution in [-0.2, 0) is 6.18 Å². The monoisotopic (exact) mass is 444 g/mol. The van der Waals surface area contributed by atoms with E-state index in [0.717, 1.165) is 24.3 Å². The maximum absolute atomic E-state index is 12.7. The lowest BCUT2D eigenvalue weighted by atomic mass is 10.1. The standard InChI is InChI=1S/C21H15F3N4O4/c22-21(23,24)13-5-7-14(8-6-13)25-19(29)17-3-1-2-4-18(17)27-20(30)26-15-9-11-16(12-10-15)28(31)32/h1-12H,(H,25,29)(H2,26,27,30). The van der Waals surface area contributed by atoms with E-state index in [9.17, 15) is 32.9 Å². The first-order valence-corrected chi connectivity index (χ1v) is 9.03. The third kappa shape index (κ3) is 5.59. The van der Waals surface area contributed by atoms with Crippen LogP contribution in [0.3, 0.4) is 0 Å².